The molecular weight excluding hydrogens is 512 g/mol. The van der Waals surface area contributed by atoms with Crippen molar-refractivity contribution in [3.05, 3.63) is 88.0 Å². The van der Waals surface area contributed by atoms with Crippen molar-refractivity contribution in [3.8, 4) is 11.5 Å². The molecule has 0 spiro atoms. The van der Waals surface area contributed by atoms with Gasteiger partial charge < -0.3 is 14.6 Å². The molecule has 2 aliphatic rings. The minimum Gasteiger partial charge on any atom is -0.507 e. The fraction of sp³-hybridized carbons (Fsp3) is 0.258. The number of hydrogen-bond acceptors (Lipinski definition) is 7. The Kier molecular flexibility index (Phi) is 6.14. The maximum absolute atomic E-state index is 13.7. The van der Waals surface area contributed by atoms with E-state index in [1.54, 1.807) is 18.2 Å². The van der Waals surface area contributed by atoms with Crippen LogP contribution in [0.3, 0.4) is 0 Å². The highest BCUT2D eigenvalue weighted by atomic mass is 32.1. The minimum absolute atomic E-state index is 0.0210. The molecule has 8 heteroatoms. The molecule has 3 aromatic carbocycles. The molecule has 1 amide bonds. The summed E-state index contributed by atoms with van der Waals surface area (Å²) in [5.74, 6) is -0.328. The zero-order valence-corrected chi connectivity index (χ0v) is 23.0. The van der Waals surface area contributed by atoms with Crippen molar-refractivity contribution >= 4 is 44.1 Å². The number of ketones is 1. The van der Waals surface area contributed by atoms with Crippen LogP contribution in [-0.4, -0.2) is 34.5 Å². The largest absolute Gasteiger partial charge is 0.507 e. The Morgan fingerprint density at radius 1 is 1.15 bits per heavy atom. The lowest BCUT2D eigenvalue weighted by Gasteiger charge is -2.23. The summed E-state index contributed by atoms with van der Waals surface area (Å²) in [5.41, 5.74) is 4.96. The maximum Gasteiger partial charge on any atom is 0.301 e. The van der Waals surface area contributed by atoms with E-state index in [0.717, 1.165) is 32.7 Å². The van der Waals surface area contributed by atoms with Gasteiger partial charge in [0.15, 0.2) is 5.13 Å². The Bertz CT molecular complexity index is 1690. The Labute approximate surface area is 230 Å². The van der Waals surface area contributed by atoms with Gasteiger partial charge in [-0.3, -0.25) is 14.5 Å². The number of fused-ring (bicyclic) bond motifs is 2. The zero-order chi connectivity index (χ0) is 27.4. The van der Waals surface area contributed by atoms with Crippen LogP contribution >= 0.6 is 11.3 Å². The molecule has 3 heterocycles. The summed E-state index contributed by atoms with van der Waals surface area (Å²) in [6.07, 6.45) is 0.741. The first kappa shape index (κ1) is 25.1. The van der Waals surface area contributed by atoms with E-state index in [0.29, 0.717) is 35.0 Å². The Morgan fingerprint density at radius 2 is 1.97 bits per heavy atom. The van der Waals surface area contributed by atoms with Crippen LogP contribution in [0, 0.1) is 13.8 Å². The normalized spacial score (nSPS) is 19.9. The number of aliphatic hydroxyl groups excluding tert-OH is 1. The molecule has 4 aromatic rings. The molecule has 1 saturated heterocycles. The van der Waals surface area contributed by atoms with E-state index in [1.165, 1.54) is 16.2 Å². The molecule has 7 nitrogen and oxygen atoms in total. The average molecular weight is 541 g/mol. The SMILES string of the molecule is CCOc1cccc([C@H]2C(=C(O)c3ccc4c(c3)C[C@H](C)O4)C(=O)C(=O)N2c2nc3c(C)cc(C)cc3s2)c1. The van der Waals surface area contributed by atoms with Crippen LogP contribution in [-0.2, 0) is 16.0 Å². The molecule has 1 N–H and O–H groups in total. The number of hydrogen-bond donors (Lipinski definition) is 1. The first-order valence-electron chi connectivity index (χ1n) is 13.0. The molecule has 1 fully saturated rings. The molecule has 0 radical (unpaired) electrons. The molecule has 0 saturated carbocycles. The number of amides is 1. The van der Waals surface area contributed by atoms with Crippen LogP contribution in [0.4, 0.5) is 5.13 Å². The van der Waals surface area contributed by atoms with E-state index in [4.69, 9.17) is 14.5 Å². The molecule has 2 atom stereocenters. The van der Waals surface area contributed by atoms with Crippen LogP contribution in [0.25, 0.3) is 16.0 Å². The van der Waals surface area contributed by atoms with Crippen LogP contribution in [0.15, 0.2) is 60.2 Å². The fourth-order valence-corrected chi connectivity index (χ4v) is 6.64. The van der Waals surface area contributed by atoms with Crippen LogP contribution in [0.2, 0.25) is 0 Å². The van der Waals surface area contributed by atoms with Gasteiger partial charge in [0.1, 0.15) is 23.4 Å². The number of rotatable bonds is 5. The quantitative estimate of drug-likeness (QED) is 0.183. The molecule has 6 rings (SSSR count). The summed E-state index contributed by atoms with van der Waals surface area (Å²) in [7, 11) is 0. The van der Waals surface area contributed by atoms with Gasteiger partial charge in [-0.25, -0.2) is 4.98 Å². The number of aromatic nitrogens is 1. The van der Waals surface area contributed by atoms with Crippen molar-refractivity contribution in [3.63, 3.8) is 0 Å². The molecule has 1 aromatic heterocycles. The smallest absolute Gasteiger partial charge is 0.301 e. The molecular formula is C31H28N2O5S. The van der Waals surface area contributed by atoms with Gasteiger partial charge in [-0.05, 0) is 86.3 Å². The second-order valence-corrected chi connectivity index (χ2v) is 11.1. The van der Waals surface area contributed by atoms with Crippen molar-refractivity contribution < 1.29 is 24.2 Å². The van der Waals surface area contributed by atoms with E-state index in [1.807, 2.05) is 64.1 Å². The monoisotopic (exact) mass is 540 g/mol. The van der Waals surface area contributed by atoms with E-state index in [-0.39, 0.29) is 17.4 Å². The van der Waals surface area contributed by atoms with Crippen molar-refractivity contribution in [2.24, 2.45) is 0 Å². The Hall–Kier alpha value is -4.17. The number of carbonyl (C=O) groups is 2. The van der Waals surface area contributed by atoms with Gasteiger partial charge in [0.2, 0.25) is 0 Å². The average Bonchev–Trinajstić information content (AvgIpc) is 3.56. The van der Waals surface area contributed by atoms with Gasteiger partial charge in [0.05, 0.1) is 28.4 Å². The van der Waals surface area contributed by atoms with Crippen molar-refractivity contribution in [1.82, 2.24) is 4.98 Å². The van der Waals surface area contributed by atoms with Gasteiger partial charge in [-0.2, -0.15) is 0 Å². The number of carbonyl (C=O) groups excluding carboxylic acids is 2. The number of ether oxygens (including phenoxy) is 2. The third-order valence-electron chi connectivity index (χ3n) is 7.12. The van der Waals surface area contributed by atoms with E-state index in [9.17, 15) is 14.7 Å². The lowest BCUT2D eigenvalue weighted by atomic mass is 9.94. The van der Waals surface area contributed by atoms with Crippen molar-refractivity contribution in [2.75, 3.05) is 11.5 Å². The van der Waals surface area contributed by atoms with E-state index in [2.05, 4.69) is 0 Å². The first-order chi connectivity index (χ1) is 18.7. The van der Waals surface area contributed by atoms with Crippen LogP contribution in [0.1, 0.15) is 47.7 Å². The summed E-state index contributed by atoms with van der Waals surface area (Å²) < 4.78 is 12.5. The second-order valence-electron chi connectivity index (χ2n) is 10.1. The van der Waals surface area contributed by atoms with E-state index < -0.39 is 17.7 Å². The predicted molar refractivity (Wildman–Crippen MR) is 152 cm³/mol. The van der Waals surface area contributed by atoms with Crippen molar-refractivity contribution in [2.45, 2.75) is 46.3 Å². The third kappa shape index (κ3) is 4.25. The lowest BCUT2D eigenvalue weighted by molar-refractivity contribution is -0.132. The summed E-state index contributed by atoms with van der Waals surface area (Å²) in [6, 6.07) is 15.8. The summed E-state index contributed by atoms with van der Waals surface area (Å²) >= 11 is 1.36. The van der Waals surface area contributed by atoms with Gasteiger partial charge >= 0.3 is 5.91 Å². The van der Waals surface area contributed by atoms with Crippen molar-refractivity contribution in [1.29, 1.82) is 0 Å². The van der Waals surface area contributed by atoms with Gasteiger partial charge in [0.25, 0.3) is 5.78 Å². The number of aryl methyl sites for hydroxylation is 2. The number of Topliss-reactive ketones (excluding diaryl/α,β-unsaturated/α-hetero) is 1. The summed E-state index contributed by atoms with van der Waals surface area (Å²) in [4.78, 5) is 33.5. The Morgan fingerprint density at radius 3 is 2.77 bits per heavy atom. The lowest BCUT2D eigenvalue weighted by Crippen LogP contribution is -2.29. The molecule has 0 unspecified atom stereocenters. The molecule has 39 heavy (non-hydrogen) atoms. The number of benzene rings is 3. The molecule has 0 aliphatic carbocycles. The van der Waals surface area contributed by atoms with Crippen LogP contribution < -0.4 is 14.4 Å². The molecule has 2 aliphatic heterocycles. The molecule has 0 bridgehead atoms. The van der Waals surface area contributed by atoms with Gasteiger partial charge in [0, 0.05) is 12.0 Å². The number of aliphatic hydroxyl groups is 1. The third-order valence-corrected chi connectivity index (χ3v) is 8.13. The number of thiazole rings is 1. The van der Waals surface area contributed by atoms with Gasteiger partial charge in [-0.15, -0.1) is 0 Å². The highest BCUT2D eigenvalue weighted by Crippen LogP contribution is 2.45. The fourth-order valence-electron chi connectivity index (χ4n) is 5.47. The van der Waals surface area contributed by atoms with Gasteiger partial charge in [-0.1, -0.05) is 29.5 Å². The first-order valence-corrected chi connectivity index (χ1v) is 13.8. The number of nitrogens with zero attached hydrogens (tertiary/aromatic N) is 2. The van der Waals surface area contributed by atoms with E-state index >= 15 is 0 Å². The minimum atomic E-state index is -0.879. The highest BCUT2D eigenvalue weighted by molar-refractivity contribution is 7.22. The predicted octanol–water partition coefficient (Wildman–Crippen LogP) is 6.26. The Balaban J connectivity index is 1.55. The molecule has 198 valence electrons. The zero-order valence-electron chi connectivity index (χ0n) is 22.1. The topological polar surface area (TPSA) is 89.0 Å². The summed E-state index contributed by atoms with van der Waals surface area (Å²) in [6.45, 7) is 8.34. The standard InChI is InChI=1S/C31H28N2O5S/c1-5-37-22-8-6-7-19(15-22)27-25(28(34)20-9-10-23-21(14-20)13-18(4)38-23)29(35)30(36)33(27)31-32-26-17(3)11-16(2)12-24(26)39-31/h6-12,14-15,18,27,34H,5,13H2,1-4H3/t18-,27-/m0/s1. The maximum atomic E-state index is 13.7. The summed E-state index contributed by atoms with van der Waals surface area (Å²) in [5, 5.41) is 12.0. The highest BCUT2D eigenvalue weighted by Gasteiger charge is 2.48. The number of anilines is 1. The second kappa shape index (κ2) is 9.54. The van der Waals surface area contributed by atoms with Crippen LogP contribution in [0.5, 0.6) is 11.5 Å².